The SMILES string of the molecule is C/C=C\N=C(/C=C\C)C(/C=C\C)=C\C(C)=C/C. The van der Waals surface area contributed by atoms with Crippen molar-refractivity contribution in [2.45, 2.75) is 34.6 Å². The lowest BCUT2D eigenvalue weighted by molar-refractivity contribution is 1.44. The summed E-state index contributed by atoms with van der Waals surface area (Å²) in [5.41, 5.74) is 3.33. The first-order valence-corrected chi connectivity index (χ1v) is 5.98. The number of aliphatic imine (C=N–C) groups is 1. The molecule has 0 N–H and O–H groups in total. The Morgan fingerprint density at radius 3 is 2.00 bits per heavy atom. The van der Waals surface area contributed by atoms with Crippen molar-refractivity contribution in [1.29, 1.82) is 0 Å². The molecule has 0 amide bonds. The third-order valence-corrected chi connectivity index (χ3v) is 2.17. The molecule has 0 aliphatic heterocycles. The Hall–Kier alpha value is -1.63. The van der Waals surface area contributed by atoms with Crippen LogP contribution in [0.3, 0.4) is 0 Å². The van der Waals surface area contributed by atoms with E-state index in [-0.39, 0.29) is 0 Å². The Bertz CT molecular complexity index is 388. The molecular formula is C16H23N. The van der Waals surface area contributed by atoms with Gasteiger partial charge in [0.05, 0.1) is 5.71 Å². The van der Waals surface area contributed by atoms with Gasteiger partial charge in [-0.3, -0.25) is 4.99 Å². The van der Waals surface area contributed by atoms with E-state index < -0.39 is 0 Å². The molecule has 0 spiro atoms. The van der Waals surface area contributed by atoms with Gasteiger partial charge in [-0.15, -0.1) is 0 Å². The highest BCUT2D eigenvalue weighted by Gasteiger charge is 1.99. The van der Waals surface area contributed by atoms with Crippen molar-refractivity contribution < 1.29 is 0 Å². The molecule has 0 aromatic rings. The van der Waals surface area contributed by atoms with Gasteiger partial charge in [-0.2, -0.15) is 0 Å². The van der Waals surface area contributed by atoms with E-state index in [2.05, 4.69) is 30.1 Å². The fraction of sp³-hybridized carbons (Fsp3) is 0.312. The van der Waals surface area contributed by atoms with Crippen LogP contribution in [0, 0.1) is 0 Å². The smallest absolute Gasteiger partial charge is 0.0698 e. The maximum atomic E-state index is 4.44. The largest absolute Gasteiger partial charge is 0.257 e. The molecule has 0 rings (SSSR count). The molecule has 0 unspecified atom stereocenters. The minimum atomic E-state index is 0.977. The van der Waals surface area contributed by atoms with Crippen LogP contribution in [-0.2, 0) is 0 Å². The number of rotatable bonds is 5. The maximum Gasteiger partial charge on any atom is 0.0698 e. The summed E-state index contributed by atoms with van der Waals surface area (Å²) in [6.07, 6.45) is 16.1. The topological polar surface area (TPSA) is 12.4 Å². The summed E-state index contributed by atoms with van der Waals surface area (Å²) in [7, 11) is 0. The zero-order chi connectivity index (χ0) is 13.1. The second kappa shape index (κ2) is 9.59. The highest BCUT2D eigenvalue weighted by molar-refractivity contribution is 6.10. The average molecular weight is 229 g/mol. The molecular weight excluding hydrogens is 206 g/mol. The Balaban J connectivity index is 5.47. The monoisotopic (exact) mass is 229 g/mol. The normalized spacial score (nSPS) is 15.7. The highest BCUT2D eigenvalue weighted by atomic mass is 14.7. The van der Waals surface area contributed by atoms with Crippen molar-refractivity contribution in [3.8, 4) is 0 Å². The summed E-state index contributed by atoms with van der Waals surface area (Å²) in [6, 6.07) is 0. The van der Waals surface area contributed by atoms with Crippen molar-refractivity contribution in [2.24, 2.45) is 4.99 Å². The predicted octanol–water partition coefficient (Wildman–Crippen LogP) is 5.01. The minimum absolute atomic E-state index is 0.977. The van der Waals surface area contributed by atoms with Crippen LogP contribution in [0.2, 0.25) is 0 Å². The standard InChI is InChI=1S/C16H23N/c1-6-10-15(13-14(5)9-4)16(11-7-2)17-12-8-3/h6-13H,1-5H3/b10-6-,11-7-,12-8-,14-9-,15-13-,17-16+. The summed E-state index contributed by atoms with van der Waals surface area (Å²) < 4.78 is 0. The van der Waals surface area contributed by atoms with Gasteiger partial charge in [0, 0.05) is 11.8 Å². The van der Waals surface area contributed by atoms with Crippen LogP contribution in [0.15, 0.2) is 64.9 Å². The van der Waals surface area contributed by atoms with Gasteiger partial charge in [0.1, 0.15) is 0 Å². The molecule has 0 saturated heterocycles. The quantitative estimate of drug-likeness (QED) is 0.464. The summed E-state index contributed by atoms with van der Waals surface area (Å²) in [5.74, 6) is 0. The summed E-state index contributed by atoms with van der Waals surface area (Å²) >= 11 is 0. The van der Waals surface area contributed by atoms with E-state index in [1.807, 2.05) is 58.2 Å². The molecule has 17 heavy (non-hydrogen) atoms. The third-order valence-electron chi connectivity index (χ3n) is 2.17. The minimum Gasteiger partial charge on any atom is -0.257 e. The Labute approximate surface area is 106 Å². The lowest BCUT2D eigenvalue weighted by Gasteiger charge is -2.02. The Morgan fingerprint density at radius 1 is 0.882 bits per heavy atom. The molecule has 0 atom stereocenters. The van der Waals surface area contributed by atoms with Crippen LogP contribution in [0.4, 0.5) is 0 Å². The van der Waals surface area contributed by atoms with E-state index in [0.29, 0.717) is 0 Å². The van der Waals surface area contributed by atoms with Crippen molar-refractivity contribution >= 4 is 5.71 Å². The first-order valence-electron chi connectivity index (χ1n) is 5.98. The number of allylic oxidation sites excluding steroid dienone is 9. The number of nitrogens with zero attached hydrogens (tertiary/aromatic N) is 1. The molecule has 0 radical (unpaired) electrons. The van der Waals surface area contributed by atoms with Crippen LogP contribution in [0.25, 0.3) is 0 Å². The number of hydrogen-bond donors (Lipinski definition) is 0. The van der Waals surface area contributed by atoms with Gasteiger partial charge in [0.15, 0.2) is 0 Å². The molecule has 0 bridgehead atoms. The van der Waals surface area contributed by atoms with Gasteiger partial charge < -0.3 is 0 Å². The van der Waals surface area contributed by atoms with Crippen molar-refractivity contribution in [3.05, 3.63) is 59.9 Å². The highest BCUT2D eigenvalue weighted by Crippen LogP contribution is 2.08. The van der Waals surface area contributed by atoms with Crippen LogP contribution < -0.4 is 0 Å². The van der Waals surface area contributed by atoms with Crippen LogP contribution in [-0.4, -0.2) is 5.71 Å². The zero-order valence-corrected chi connectivity index (χ0v) is 11.6. The van der Waals surface area contributed by atoms with Gasteiger partial charge in [-0.05, 0) is 40.7 Å². The van der Waals surface area contributed by atoms with Crippen molar-refractivity contribution in [3.63, 3.8) is 0 Å². The van der Waals surface area contributed by atoms with Crippen LogP contribution >= 0.6 is 0 Å². The Kier molecular flexibility index (Phi) is 8.67. The fourth-order valence-electron chi connectivity index (χ4n) is 1.24. The molecule has 0 heterocycles. The van der Waals surface area contributed by atoms with E-state index in [9.17, 15) is 0 Å². The van der Waals surface area contributed by atoms with Crippen molar-refractivity contribution in [1.82, 2.24) is 0 Å². The van der Waals surface area contributed by atoms with Crippen LogP contribution in [0.1, 0.15) is 34.6 Å². The maximum absolute atomic E-state index is 4.44. The van der Waals surface area contributed by atoms with E-state index in [1.54, 1.807) is 0 Å². The van der Waals surface area contributed by atoms with Crippen molar-refractivity contribution in [2.75, 3.05) is 0 Å². The summed E-state index contributed by atoms with van der Waals surface area (Å²) in [5, 5.41) is 0. The second-order valence-electron chi connectivity index (χ2n) is 3.63. The second-order valence-corrected chi connectivity index (χ2v) is 3.63. The average Bonchev–Trinajstić information content (AvgIpc) is 2.33. The third kappa shape index (κ3) is 6.52. The molecule has 1 nitrogen and oxygen atoms in total. The van der Waals surface area contributed by atoms with E-state index in [0.717, 1.165) is 11.3 Å². The molecule has 0 aromatic carbocycles. The summed E-state index contributed by atoms with van der Waals surface area (Å²) in [6.45, 7) is 10.1. The zero-order valence-electron chi connectivity index (χ0n) is 11.6. The molecule has 0 fully saturated rings. The molecule has 0 aliphatic rings. The molecule has 1 heteroatoms. The predicted molar refractivity (Wildman–Crippen MR) is 79.4 cm³/mol. The first-order chi connectivity index (χ1) is 8.19. The molecule has 92 valence electrons. The van der Waals surface area contributed by atoms with Gasteiger partial charge in [0.2, 0.25) is 0 Å². The summed E-state index contributed by atoms with van der Waals surface area (Å²) in [4.78, 5) is 4.44. The van der Waals surface area contributed by atoms with E-state index in [1.165, 1.54) is 5.57 Å². The molecule has 0 aliphatic carbocycles. The fourth-order valence-corrected chi connectivity index (χ4v) is 1.24. The lowest BCUT2D eigenvalue weighted by Crippen LogP contribution is -1.97. The first kappa shape index (κ1) is 15.4. The van der Waals surface area contributed by atoms with E-state index in [4.69, 9.17) is 0 Å². The van der Waals surface area contributed by atoms with Crippen LogP contribution in [0.5, 0.6) is 0 Å². The van der Waals surface area contributed by atoms with Gasteiger partial charge in [-0.25, -0.2) is 0 Å². The Morgan fingerprint density at radius 2 is 1.53 bits per heavy atom. The van der Waals surface area contributed by atoms with Gasteiger partial charge in [0.25, 0.3) is 0 Å². The van der Waals surface area contributed by atoms with Gasteiger partial charge >= 0.3 is 0 Å². The van der Waals surface area contributed by atoms with Gasteiger partial charge in [-0.1, -0.05) is 42.0 Å². The molecule has 0 aromatic heterocycles. The lowest BCUT2D eigenvalue weighted by atomic mass is 10.1. The van der Waals surface area contributed by atoms with E-state index >= 15 is 0 Å². The number of hydrogen-bond acceptors (Lipinski definition) is 1. The molecule has 0 saturated carbocycles.